The molecule has 8 heteroatoms. The molecular formula is C21H32N6O2. The van der Waals surface area contributed by atoms with Gasteiger partial charge in [-0.2, -0.15) is 0 Å². The summed E-state index contributed by atoms with van der Waals surface area (Å²) in [7, 11) is 0. The molecular weight excluding hydrogens is 368 g/mol. The van der Waals surface area contributed by atoms with Crippen molar-refractivity contribution < 1.29 is 9.59 Å². The Hall–Kier alpha value is -2.00. The van der Waals surface area contributed by atoms with E-state index in [2.05, 4.69) is 62.3 Å². The molecule has 29 heavy (non-hydrogen) atoms. The van der Waals surface area contributed by atoms with Crippen molar-refractivity contribution >= 4 is 11.8 Å². The minimum Gasteiger partial charge on any atom is -0.317 e. The fourth-order valence-corrected chi connectivity index (χ4v) is 4.69. The summed E-state index contributed by atoms with van der Waals surface area (Å²) >= 11 is 0. The highest BCUT2D eigenvalue weighted by atomic mass is 16.2. The zero-order valence-electron chi connectivity index (χ0n) is 16.9. The summed E-state index contributed by atoms with van der Waals surface area (Å²) in [6, 6.07) is 10.6. The summed E-state index contributed by atoms with van der Waals surface area (Å²) in [6.45, 7) is 5.15. The Morgan fingerprint density at radius 1 is 0.793 bits per heavy atom. The van der Waals surface area contributed by atoms with Crippen molar-refractivity contribution in [2.24, 2.45) is 0 Å². The predicted molar refractivity (Wildman–Crippen MR) is 110 cm³/mol. The van der Waals surface area contributed by atoms with Crippen LogP contribution >= 0.6 is 0 Å². The molecule has 5 N–H and O–H groups in total. The zero-order valence-corrected chi connectivity index (χ0v) is 16.9. The van der Waals surface area contributed by atoms with E-state index in [9.17, 15) is 9.59 Å². The van der Waals surface area contributed by atoms with Crippen molar-refractivity contribution in [2.45, 2.75) is 56.1 Å². The zero-order chi connectivity index (χ0) is 20.2. The molecule has 0 saturated carbocycles. The number of rotatable bonds is 2. The number of carbonyl (C=O) groups excluding carboxylic acids is 2. The van der Waals surface area contributed by atoms with Gasteiger partial charge in [-0.25, -0.2) is 10.9 Å². The summed E-state index contributed by atoms with van der Waals surface area (Å²) in [4.78, 5) is 24.7. The van der Waals surface area contributed by atoms with E-state index in [4.69, 9.17) is 0 Å². The number of hydrazine groups is 2. The van der Waals surface area contributed by atoms with Crippen LogP contribution in [-0.2, 0) is 16.1 Å². The van der Waals surface area contributed by atoms with Crippen LogP contribution < -0.4 is 27.0 Å². The highest BCUT2D eigenvalue weighted by Crippen LogP contribution is 2.28. The Kier molecular flexibility index (Phi) is 6.15. The van der Waals surface area contributed by atoms with Crippen LogP contribution in [0.3, 0.4) is 0 Å². The first-order valence-corrected chi connectivity index (χ1v) is 10.7. The van der Waals surface area contributed by atoms with Gasteiger partial charge < -0.3 is 5.32 Å². The SMILES string of the molecule is O=C1CC2(CCN(Cc3ccccc3)CC2)NN1.O=C1CC2(CCNCC2)NN1. The van der Waals surface area contributed by atoms with Gasteiger partial charge in [-0.3, -0.25) is 25.3 Å². The van der Waals surface area contributed by atoms with Crippen LogP contribution in [0.2, 0.25) is 0 Å². The average molecular weight is 401 g/mol. The highest BCUT2D eigenvalue weighted by molar-refractivity contribution is 5.79. The number of carbonyl (C=O) groups is 2. The summed E-state index contributed by atoms with van der Waals surface area (Å²) in [5, 5.41) is 3.27. The standard InChI is InChI=1S/C14H19N3O.C7H13N3O/c18-13-10-14(16-15-13)6-8-17(9-7-14)11-12-4-2-1-3-5-12;11-6-5-7(10-9-6)1-3-8-4-2-7/h1-5,16H,6-11H2,(H,15,18);8,10H,1-5H2,(H,9,11). The molecule has 5 rings (SSSR count). The number of amides is 2. The topological polar surface area (TPSA) is 97.5 Å². The van der Waals surface area contributed by atoms with Crippen LogP contribution in [0.4, 0.5) is 0 Å². The van der Waals surface area contributed by atoms with Gasteiger partial charge in [-0.1, -0.05) is 30.3 Å². The molecule has 4 aliphatic heterocycles. The molecule has 8 nitrogen and oxygen atoms in total. The minimum absolute atomic E-state index is 0.0181. The van der Waals surface area contributed by atoms with Gasteiger partial charge >= 0.3 is 0 Å². The quantitative estimate of drug-likeness (QED) is 0.486. The molecule has 0 atom stereocenters. The van der Waals surface area contributed by atoms with E-state index < -0.39 is 0 Å². The lowest BCUT2D eigenvalue weighted by molar-refractivity contribution is -0.120. The van der Waals surface area contributed by atoms with Crippen molar-refractivity contribution in [2.75, 3.05) is 26.2 Å². The Balaban J connectivity index is 0.000000159. The third kappa shape index (κ3) is 5.14. The molecule has 1 aromatic carbocycles. The van der Waals surface area contributed by atoms with Crippen LogP contribution in [-0.4, -0.2) is 54.0 Å². The van der Waals surface area contributed by atoms with Gasteiger partial charge in [0.05, 0.1) is 0 Å². The van der Waals surface area contributed by atoms with Gasteiger partial charge in [0.2, 0.25) is 11.8 Å². The van der Waals surface area contributed by atoms with Gasteiger partial charge in [0, 0.05) is 43.6 Å². The van der Waals surface area contributed by atoms with E-state index in [1.807, 2.05) is 0 Å². The minimum atomic E-state index is 0.0181. The summed E-state index contributed by atoms with van der Waals surface area (Å²) in [5.41, 5.74) is 13.1. The first kappa shape index (κ1) is 20.3. The molecule has 4 heterocycles. The van der Waals surface area contributed by atoms with E-state index in [0.29, 0.717) is 12.8 Å². The Labute approximate surface area is 172 Å². The van der Waals surface area contributed by atoms with E-state index in [0.717, 1.165) is 58.4 Å². The van der Waals surface area contributed by atoms with Gasteiger partial charge in [-0.05, 0) is 44.3 Å². The van der Waals surface area contributed by atoms with Crippen molar-refractivity contribution in [3.8, 4) is 0 Å². The second-order valence-electron chi connectivity index (χ2n) is 8.77. The van der Waals surface area contributed by atoms with E-state index in [-0.39, 0.29) is 22.9 Å². The lowest BCUT2D eigenvalue weighted by atomic mass is 9.86. The number of benzene rings is 1. The van der Waals surface area contributed by atoms with Crippen molar-refractivity contribution in [1.29, 1.82) is 0 Å². The maximum absolute atomic E-state index is 11.3. The summed E-state index contributed by atoms with van der Waals surface area (Å²) < 4.78 is 0. The molecule has 0 bridgehead atoms. The monoisotopic (exact) mass is 400 g/mol. The Morgan fingerprint density at radius 2 is 1.34 bits per heavy atom. The van der Waals surface area contributed by atoms with Crippen molar-refractivity contribution in [3.63, 3.8) is 0 Å². The normalized spacial score (nSPS) is 25.4. The van der Waals surface area contributed by atoms with Crippen LogP contribution in [0.15, 0.2) is 30.3 Å². The van der Waals surface area contributed by atoms with Crippen molar-refractivity contribution in [1.82, 2.24) is 31.9 Å². The largest absolute Gasteiger partial charge is 0.317 e. The van der Waals surface area contributed by atoms with Crippen molar-refractivity contribution in [3.05, 3.63) is 35.9 Å². The number of piperidine rings is 2. The second kappa shape index (κ2) is 8.79. The van der Waals surface area contributed by atoms with Gasteiger partial charge in [0.15, 0.2) is 0 Å². The molecule has 2 amide bonds. The Bertz CT molecular complexity index is 711. The number of nitrogens with one attached hydrogen (secondary N) is 5. The second-order valence-corrected chi connectivity index (χ2v) is 8.77. The van der Waals surface area contributed by atoms with Crippen LogP contribution in [0.25, 0.3) is 0 Å². The molecule has 1 aromatic rings. The van der Waals surface area contributed by atoms with Gasteiger partial charge in [0.25, 0.3) is 0 Å². The number of hydrogen-bond donors (Lipinski definition) is 5. The molecule has 158 valence electrons. The lowest BCUT2D eigenvalue weighted by Crippen LogP contribution is -2.51. The maximum Gasteiger partial charge on any atom is 0.236 e. The number of hydrogen-bond acceptors (Lipinski definition) is 6. The first-order valence-electron chi connectivity index (χ1n) is 10.7. The highest BCUT2D eigenvalue weighted by Gasteiger charge is 2.41. The fraction of sp³-hybridized carbons (Fsp3) is 0.619. The maximum atomic E-state index is 11.3. The smallest absolute Gasteiger partial charge is 0.236 e. The molecule has 4 saturated heterocycles. The van der Waals surface area contributed by atoms with E-state index in [1.54, 1.807) is 0 Å². The molecule has 2 spiro atoms. The molecule has 0 aliphatic carbocycles. The fourth-order valence-electron chi connectivity index (χ4n) is 4.69. The molecule has 4 fully saturated rings. The summed E-state index contributed by atoms with van der Waals surface area (Å²) in [5.74, 6) is 0.262. The van der Waals surface area contributed by atoms with Gasteiger partial charge in [-0.15, -0.1) is 0 Å². The van der Waals surface area contributed by atoms with Crippen LogP contribution in [0, 0.1) is 0 Å². The van der Waals surface area contributed by atoms with Crippen LogP contribution in [0.5, 0.6) is 0 Å². The average Bonchev–Trinajstić information content (AvgIpc) is 3.28. The number of likely N-dealkylation sites (tertiary alicyclic amines) is 1. The van der Waals surface area contributed by atoms with Crippen LogP contribution in [0.1, 0.15) is 44.1 Å². The molecule has 0 unspecified atom stereocenters. The predicted octanol–water partition coefficient (Wildman–Crippen LogP) is 0.179. The molecule has 0 radical (unpaired) electrons. The van der Waals surface area contributed by atoms with E-state index in [1.165, 1.54) is 5.56 Å². The van der Waals surface area contributed by atoms with E-state index >= 15 is 0 Å². The third-order valence-corrected chi connectivity index (χ3v) is 6.55. The molecule has 0 aromatic heterocycles. The summed E-state index contributed by atoms with van der Waals surface area (Å²) in [6.07, 6.45) is 5.45. The number of nitrogens with zero attached hydrogens (tertiary/aromatic N) is 1. The lowest BCUT2D eigenvalue weighted by Gasteiger charge is -2.38. The molecule has 4 aliphatic rings. The van der Waals surface area contributed by atoms with Gasteiger partial charge in [0.1, 0.15) is 0 Å². The third-order valence-electron chi connectivity index (χ3n) is 6.55. The Morgan fingerprint density at radius 3 is 1.86 bits per heavy atom. The first-order chi connectivity index (χ1) is 14.1.